The van der Waals surface area contributed by atoms with E-state index >= 15 is 0 Å². The molecule has 0 radical (unpaired) electrons. The van der Waals surface area contributed by atoms with Crippen LogP contribution in [0.25, 0.3) is 11.0 Å². The third-order valence-corrected chi connectivity index (χ3v) is 4.80. The molecule has 1 N–H and O–H groups in total. The summed E-state index contributed by atoms with van der Waals surface area (Å²) in [7, 11) is 0. The summed E-state index contributed by atoms with van der Waals surface area (Å²) < 4.78 is 16.7. The summed E-state index contributed by atoms with van der Waals surface area (Å²) in [5, 5.41) is 0.620. The van der Waals surface area contributed by atoms with Gasteiger partial charge in [0, 0.05) is 5.02 Å². The number of esters is 1. The van der Waals surface area contributed by atoms with Crippen LogP contribution in [0.1, 0.15) is 37.3 Å². The van der Waals surface area contributed by atoms with Crippen molar-refractivity contribution in [3.63, 3.8) is 0 Å². The standard InChI is InChI=1S/C20H19ClN2O4/c1-11(13-3-6-17-18(9-13)26-8-7-25-17)20(24)27-12(2)19-22-15-5-4-14(21)10-16(15)23-19/h3-6,9-12H,7-8H2,1-2H3,(H,22,23). The first-order valence-electron chi connectivity index (χ1n) is 8.76. The van der Waals surface area contributed by atoms with Gasteiger partial charge in [-0.25, -0.2) is 4.98 Å². The van der Waals surface area contributed by atoms with Crippen LogP contribution in [0.2, 0.25) is 5.02 Å². The van der Waals surface area contributed by atoms with Crippen molar-refractivity contribution >= 4 is 28.6 Å². The molecule has 4 rings (SSSR count). The first-order chi connectivity index (χ1) is 13.0. The summed E-state index contributed by atoms with van der Waals surface area (Å²) in [6.45, 7) is 4.62. The number of imidazole rings is 1. The van der Waals surface area contributed by atoms with Crippen molar-refractivity contribution in [2.45, 2.75) is 25.9 Å². The number of fused-ring (bicyclic) bond motifs is 2. The van der Waals surface area contributed by atoms with E-state index in [1.54, 1.807) is 26.0 Å². The van der Waals surface area contributed by atoms with Crippen LogP contribution in [0.15, 0.2) is 36.4 Å². The minimum Gasteiger partial charge on any atom is -0.486 e. The minimum absolute atomic E-state index is 0.335. The van der Waals surface area contributed by atoms with Gasteiger partial charge in [-0.05, 0) is 49.7 Å². The fourth-order valence-corrected chi connectivity index (χ4v) is 3.16. The summed E-state index contributed by atoms with van der Waals surface area (Å²) in [5.41, 5.74) is 2.39. The molecule has 0 saturated carbocycles. The minimum atomic E-state index is -0.511. The van der Waals surface area contributed by atoms with Crippen LogP contribution >= 0.6 is 11.6 Å². The average Bonchev–Trinajstić information content (AvgIpc) is 3.10. The van der Waals surface area contributed by atoms with Gasteiger partial charge in [0.1, 0.15) is 19.0 Å². The van der Waals surface area contributed by atoms with E-state index in [4.69, 9.17) is 25.8 Å². The molecule has 0 aliphatic carbocycles. The van der Waals surface area contributed by atoms with Crippen LogP contribution in [0.5, 0.6) is 11.5 Å². The second-order valence-corrected chi connectivity index (χ2v) is 6.92. The van der Waals surface area contributed by atoms with E-state index in [1.165, 1.54) is 0 Å². The zero-order valence-corrected chi connectivity index (χ0v) is 15.7. The molecule has 2 atom stereocenters. The van der Waals surface area contributed by atoms with Crippen molar-refractivity contribution in [2.75, 3.05) is 13.2 Å². The van der Waals surface area contributed by atoms with E-state index in [0.29, 0.717) is 35.6 Å². The molecule has 1 aliphatic heterocycles. The summed E-state index contributed by atoms with van der Waals surface area (Å²) in [4.78, 5) is 20.2. The van der Waals surface area contributed by atoms with Gasteiger partial charge in [0.05, 0.1) is 17.0 Å². The number of H-pyrrole nitrogens is 1. The van der Waals surface area contributed by atoms with Gasteiger partial charge in [-0.15, -0.1) is 0 Å². The van der Waals surface area contributed by atoms with Gasteiger partial charge in [-0.3, -0.25) is 4.79 Å². The van der Waals surface area contributed by atoms with E-state index < -0.39 is 12.0 Å². The highest BCUT2D eigenvalue weighted by Crippen LogP contribution is 2.34. The van der Waals surface area contributed by atoms with E-state index in [0.717, 1.165) is 16.6 Å². The van der Waals surface area contributed by atoms with E-state index in [2.05, 4.69) is 9.97 Å². The molecule has 1 aliphatic rings. The molecule has 0 spiro atoms. The second kappa shape index (κ2) is 7.12. The van der Waals surface area contributed by atoms with Gasteiger partial charge in [0.25, 0.3) is 0 Å². The number of aromatic nitrogens is 2. The van der Waals surface area contributed by atoms with Crippen molar-refractivity contribution < 1.29 is 19.0 Å². The Kier molecular flexibility index (Phi) is 4.66. The highest BCUT2D eigenvalue weighted by atomic mass is 35.5. The Morgan fingerprint density at radius 2 is 1.93 bits per heavy atom. The lowest BCUT2D eigenvalue weighted by Crippen LogP contribution is -2.18. The Hall–Kier alpha value is -2.73. The number of carbonyl (C=O) groups excluding carboxylic acids is 1. The topological polar surface area (TPSA) is 73.4 Å². The first kappa shape index (κ1) is 17.7. The van der Waals surface area contributed by atoms with Gasteiger partial charge < -0.3 is 19.2 Å². The Balaban J connectivity index is 1.48. The third-order valence-electron chi connectivity index (χ3n) is 4.56. The molecule has 2 unspecified atom stereocenters. The highest BCUT2D eigenvalue weighted by Gasteiger charge is 2.23. The summed E-state index contributed by atoms with van der Waals surface area (Å²) in [6.07, 6.45) is -0.511. The zero-order valence-electron chi connectivity index (χ0n) is 15.0. The normalized spacial score (nSPS) is 15.4. The molecular formula is C20H19ClN2O4. The van der Waals surface area contributed by atoms with Crippen LogP contribution in [0.4, 0.5) is 0 Å². The van der Waals surface area contributed by atoms with Crippen molar-refractivity contribution in [1.82, 2.24) is 9.97 Å². The molecule has 6 nitrogen and oxygen atoms in total. The van der Waals surface area contributed by atoms with Crippen LogP contribution in [-0.4, -0.2) is 29.2 Å². The number of aromatic amines is 1. The van der Waals surface area contributed by atoms with Crippen LogP contribution < -0.4 is 9.47 Å². The third kappa shape index (κ3) is 3.57. The molecule has 0 bridgehead atoms. The quantitative estimate of drug-likeness (QED) is 0.673. The zero-order chi connectivity index (χ0) is 19.0. The van der Waals surface area contributed by atoms with Gasteiger partial charge in [-0.1, -0.05) is 17.7 Å². The fourth-order valence-electron chi connectivity index (χ4n) is 2.99. The smallest absolute Gasteiger partial charge is 0.313 e. The maximum Gasteiger partial charge on any atom is 0.313 e. The van der Waals surface area contributed by atoms with Crippen molar-refractivity contribution in [3.05, 3.63) is 52.8 Å². The Morgan fingerprint density at radius 3 is 2.74 bits per heavy atom. The monoisotopic (exact) mass is 386 g/mol. The van der Waals surface area contributed by atoms with Crippen LogP contribution in [0.3, 0.4) is 0 Å². The molecule has 2 heterocycles. The first-order valence-corrected chi connectivity index (χ1v) is 9.14. The van der Waals surface area contributed by atoms with Crippen molar-refractivity contribution in [3.8, 4) is 11.5 Å². The average molecular weight is 387 g/mol. The molecular weight excluding hydrogens is 368 g/mol. The largest absolute Gasteiger partial charge is 0.486 e. The lowest BCUT2D eigenvalue weighted by Gasteiger charge is -2.20. The number of hydrogen-bond donors (Lipinski definition) is 1. The number of rotatable bonds is 4. The molecule has 140 valence electrons. The van der Waals surface area contributed by atoms with E-state index in [1.807, 2.05) is 24.3 Å². The summed E-state index contributed by atoms with van der Waals surface area (Å²) in [6, 6.07) is 10.9. The molecule has 0 saturated heterocycles. The number of hydrogen-bond acceptors (Lipinski definition) is 5. The predicted molar refractivity (Wildman–Crippen MR) is 101 cm³/mol. The SMILES string of the molecule is CC(OC(=O)C(C)c1ccc2c(c1)OCCO2)c1nc2ccc(Cl)cc2[nH]1. The van der Waals surface area contributed by atoms with Crippen LogP contribution in [-0.2, 0) is 9.53 Å². The summed E-state index contributed by atoms with van der Waals surface area (Å²) in [5.74, 6) is 1.15. The van der Waals surface area contributed by atoms with Gasteiger partial charge in [0.2, 0.25) is 0 Å². The molecule has 7 heteroatoms. The Morgan fingerprint density at radius 1 is 1.15 bits per heavy atom. The maximum absolute atomic E-state index is 12.6. The second-order valence-electron chi connectivity index (χ2n) is 6.49. The molecule has 0 fully saturated rings. The van der Waals surface area contributed by atoms with Gasteiger partial charge in [-0.2, -0.15) is 0 Å². The van der Waals surface area contributed by atoms with Crippen molar-refractivity contribution in [2.24, 2.45) is 0 Å². The fraction of sp³-hybridized carbons (Fsp3) is 0.300. The molecule has 1 aromatic heterocycles. The Bertz CT molecular complexity index is 1000. The lowest BCUT2D eigenvalue weighted by molar-refractivity contribution is -0.150. The van der Waals surface area contributed by atoms with Gasteiger partial charge in [0.15, 0.2) is 17.6 Å². The van der Waals surface area contributed by atoms with Crippen molar-refractivity contribution in [1.29, 1.82) is 0 Å². The predicted octanol–water partition coefficient (Wildman–Crippen LogP) is 4.40. The maximum atomic E-state index is 12.6. The summed E-state index contributed by atoms with van der Waals surface area (Å²) >= 11 is 6.00. The number of halogens is 1. The number of nitrogens with zero attached hydrogens (tertiary/aromatic N) is 1. The highest BCUT2D eigenvalue weighted by molar-refractivity contribution is 6.31. The lowest BCUT2D eigenvalue weighted by atomic mass is 10.0. The van der Waals surface area contributed by atoms with Gasteiger partial charge >= 0.3 is 5.97 Å². The van der Waals surface area contributed by atoms with E-state index in [9.17, 15) is 4.79 Å². The number of nitrogens with one attached hydrogen (secondary N) is 1. The molecule has 0 amide bonds. The van der Waals surface area contributed by atoms with Crippen LogP contribution in [0, 0.1) is 0 Å². The Labute approximate surface area is 161 Å². The molecule has 3 aromatic rings. The number of benzene rings is 2. The van der Waals surface area contributed by atoms with E-state index in [-0.39, 0.29) is 5.97 Å². The molecule has 27 heavy (non-hydrogen) atoms. The number of ether oxygens (including phenoxy) is 3. The molecule has 2 aromatic carbocycles. The number of carbonyl (C=O) groups is 1.